The zero-order valence-corrected chi connectivity index (χ0v) is 19.7. The van der Waals surface area contributed by atoms with Gasteiger partial charge in [-0.15, -0.1) is 4.40 Å². The summed E-state index contributed by atoms with van der Waals surface area (Å²) < 4.78 is 34.1. The number of likely N-dealkylation sites (tertiary alicyclic amines) is 1. The highest BCUT2D eigenvalue weighted by atomic mass is 32.2. The van der Waals surface area contributed by atoms with E-state index in [0.717, 1.165) is 0 Å². The molecule has 2 aliphatic rings. The Morgan fingerprint density at radius 1 is 1.12 bits per heavy atom. The summed E-state index contributed by atoms with van der Waals surface area (Å²) in [5.41, 5.74) is 1.54. The number of carbonyl (C=O) groups excluding carboxylic acids is 3. The minimum Gasteiger partial charge on any atom is -0.452 e. The number of ketones is 1. The van der Waals surface area contributed by atoms with Gasteiger partial charge in [-0.2, -0.15) is 8.42 Å². The van der Waals surface area contributed by atoms with Crippen molar-refractivity contribution in [2.45, 2.75) is 37.7 Å². The van der Waals surface area contributed by atoms with E-state index in [1.807, 2.05) is 0 Å². The van der Waals surface area contributed by atoms with E-state index in [4.69, 9.17) is 4.74 Å². The fourth-order valence-electron chi connectivity index (χ4n) is 4.03. The molecule has 2 aromatic carbocycles. The van der Waals surface area contributed by atoms with E-state index in [2.05, 4.69) is 9.71 Å². The van der Waals surface area contributed by atoms with Crippen molar-refractivity contribution in [1.29, 1.82) is 0 Å². The van der Waals surface area contributed by atoms with Crippen LogP contribution in [0.5, 0.6) is 0 Å². The number of amides is 1. The van der Waals surface area contributed by atoms with Crippen LogP contribution in [0, 0.1) is 5.92 Å². The lowest BCUT2D eigenvalue weighted by Crippen LogP contribution is -2.44. The number of carbonyl (C=O) groups is 3. The molecule has 0 aliphatic carbocycles. The maximum Gasteiger partial charge on any atom is 0.311 e. The van der Waals surface area contributed by atoms with Crippen molar-refractivity contribution < 1.29 is 27.5 Å². The number of esters is 1. The van der Waals surface area contributed by atoms with Gasteiger partial charge in [-0.3, -0.25) is 14.4 Å². The van der Waals surface area contributed by atoms with E-state index >= 15 is 0 Å². The Balaban J connectivity index is 1.38. The van der Waals surface area contributed by atoms with E-state index in [1.165, 1.54) is 19.9 Å². The van der Waals surface area contributed by atoms with Crippen molar-refractivity contribution in [2.75, 3.05) is 18.4 Å². The van der Waals surface area contributed by atoms with Gasteiger partial charge in [0.25, 0.3) is 15.9 Å². The van der Waals surface area contributed by atoms with Gasteiger partial charge < -0.3 is 15.0 Å². The Morgan fingerprint density at radius 3 is 2.53 bits per heavy atom. The van der Waals surface area contributed by atoms with Crippen LogP contribution in [0.25, 0.3) is 0 Å². The van der Waals surface area contributed by atoms with Gasteiger partial charge in [-0.05, 0) is 63.1 Å². The van der Waals surface area contributed by atoms with Crippen molar-refractivity contribution in [1.82, 2.24) is 4.90 Å². The number of Topliss-reactive ketones (excluding diaryl/α,β-unsaturated/α-hetero) is 1. The summed E-state index contributed by atoms with van der Waals surface area (Å²) in [4.78, 5) is 38.6. The van der Waals surface area contributed by atoms with E-state index in [9.17, 15) is 22.8 Å². The lowest BCUT2D eigenvalue weighted by molar-refractivity contribution is -0.158. The number of fused-ring (bicyclic) bond motifs is 1. The zero-order chi connectivity index (χ0) is 24.5. The van der Waals surface area contributed by atoms with Gasteiger partial charge in [-0.1, -0.05) is 12.1 Å². The number of benzene rings is 2. The first kappa shape index (κ1) is 23.6. The predicted octanol–water partition coefficient (Wildman–Crippen LogP) is 2.62. The second kappa shape index (κ2) is 9.38. The molecule has 10 heteroatoms. The second-order valence-corrected chi connectivity index (χ2v) is 9.95. The minimum atomic E-state index is -3.75. The molecule has 0 radical (unpaired) electrons. The number of amidine groups is 1. The number of rotatable bonds is 5. The molecular weight excluding hydrogens is 458 g/mol. The van der Waals surface area contributed by atoms with Crippen molar-refractivity contribution in [3.63, 3.8) is 0 Å². The third-order valence-electron chi connectivity index (χ3n) is 5.89. The van der Waals surface area contributed by atoms with Gasteiger partial charge in [0.05, 0.1) is 5.92 Å². The largest absolute Gasteiger partial charge is 0.452 e. The molecule has 0 saturated carbocycles. The fourth-order valence-corrected chi connectivity index (χ4v) is 5.26. The SMILES string of the molecule is CC(=O)c1ccc(NC(=O)[C@H](C)OC(=O)[C@@H]2CCCN(C3=NS(=O)(=O)c4ccccc43)C2)cc1. The average molecular weight is 484 g/mol. The number of nitrogens with zero attached hydrogens (tertiary/aromatic N) is 2. The highest BCUT2D eigenvalue weighted by Gasteiger charge is 2.36. The Hall–Kier alpha value is -3.53. The van der Waals surface area contributed by atoms with Gasteiger partial charge in [0.15, 0.2) is 17.7 Å². The minimum absolute atomic E-state index is 0.0774. The van der Waals surface area contributed by atoms with E-state index in [-0.39, 0.29) is 17.2 Å². The molecule has 0 unspecified atom stereocenters. The molecular formula is C24H25N3O6S. The maximum absolute atomic E-state index is 12.8. The molecule has 2 aromatic rings. The Kier molecular flexibility index (Phi) is 6.52. The van der Waals surface area contributed by atoms with Crippen LogP contribution in [0.1, 0.15) is 42.6 Å². The predicted molar refractivity (Wildman–Crippen MR) is 125 cm³/mol. The molecule has 1 saturated heterocycles. The number of ether oxygens (including phenoxy) is 1. The Labute approximate surface area is 197 Å². The van der Waals surface area contributed by atoms with E-state index in [1.54, 1.807) is 47.4 Å². The number of anilines is 1. The third-order valence-corrected chi connectivity index (χ3v) is 7.21. The molecule has 0 aromatic heterocycles. The maximum atomic E-state index is 12.8. The molecule has 2 heterocycles. The normalized spacial score (nSPS) is 19.5. The Morgan fingerprint density at radius 2 is 1.82 bits per heavy atom. The van der Waals surface area contributed by atoms with Crippen LogP contribution in [0.15, 0.2) is 57.8 Å². The molecule has 2 aliphatic heterocycles. The van der Waals surface area contributed by atoms with Crippen LogP contribution in [0.3, 0.4) is 0 Å². The Bertz CT molecular complexity index is 1270. The summed E-state index contributed by atoms with van der Waals surface area (Å²) in [6.07, 6.45) is 0.197. The molecule has 0 bridgehead atoms. The van der Waals surface area contributed by atoms with Crippen molar-refractivity contribution in [2.24, 2.45) is 10.3 Å². The van der Waals surface area contributed by atoms with Crippen LogP contribution < -0.4 is 5.32 Å². The smallest absolute Gasteiger partial charge is 0.311 e. The topological polar surface area (TPSA) is 122 Å². The lowest BCUT2D eigenvalue weighted by Gasteiger charge is -2.33. The van der Waals surface area contributed by atoms with Gasteiger partial charge in [-0.25, -0.2) is 0 Å². The van der Waals surface area contributed by atoms with E-state index < -0.39 is 33.9 Å². The van der Waals surface area contributed by atoms with Crippen molar-refractivity contribution >= 4 is 39.2 Å². The van der Waals surface area contributed by atoms with Gasteiger partial charge in [0.2, 0.25) is 0 Å². The number of hydrogen-bond acceptors (Lipinski definition) is 7. The first-order chi connectivity index (χ1) is 16.2. The zero-order valence-electron chi connectivity index (χ0n) is 18.9. The van der Waals surface area contributed by atoms with Crippen LogP contribution in [-0.2, 0) is 24.3 Å². The second-order valence-electron chi connectivity index (χ2n) is 8.37. The third kappa shape index (κ3) is 4.86. The number of sulfonamides is 1. The van der Waals surface area contributed by atoms with Gasteiger partial charge in [0, 0.05) is 29.9 Å². The first-order valence-corrected chi connectivity index (χ1v) is 12.4. The summed E-state index contributed by atoms with van der Waals surface area (Å²) in [5, 5.41) is 2.67. The van der Waals surface area contributed by atoms with Crippen LogP contribution in [-0.4, -0.2) is 56.0 Å². The number of nitrogens with one attached hydrogen (secondary N) is 1. The van der Waals surface area contributed by atoms with Crippen LogP contribution in [0.2, 0.25) is 0 Å². The van der Waals surface area contributed by atoms with Gasteiger partial charge in [0.1, 0.15) is 4.90 Å². The molecule has 1 N–H and O–H groups in total. The molecule has 178 valence electrons. The fraction of sp³-hybridized carbons (Fsp3) is 0.333. The quantitative estimate of drug-likeness (QED) is 0.512. The summed E-state index contributed by atoms with van der Waals surface area (Å²) in [6, 6.07) is 13.0. The molecule has 1 fully saturated rings. The summed E-state index contributed by atoms with van der Waals surface area (Å²) in [6.45, 7) is 3.77. The van der Waals surface area contributed by atoms with Crippen molar-refractivity contribution in [3.8, 4) is 0 Å². The summed E-state index contributed by atoms with van der Waals surface area (Å²) in [5.74, 6) is -1.26. The monoisotopic (exact) mass is 483 g/mol. The number of hydrogen-bond donors (Lipinski definition) is 1. The number of piperidine rings is 1. The summed E-state index contributed by atoms with van der Waals surface area (Å²) >= 11 is 0. The van der Waals surface area contributed by atoms with Crippen LogP contribution >= 0.6 is 0 Å². The standard InChI is InChI=1S/C24H25N3O6S/c1-15(28)17-9-11-19(12-10-17)25-23(29)16(2)33-24(30)18-6-5-13-27(14-18)22-20-7-3-4-8-21(20)34(31,32)26-22/h3-4,7-12,16,18H,5-6,13-14H2,1-2H3,(H,25,29)/t16-,18+/m0/s1. The molecule has 1 amide bonds. The van der Waals surface area contributed by atoms with Gasteiger partial charge >= 0.3 is 5.97 Å². The van der Waals surface area contributed by atoms with Crippen molar-refractivity contribution in [3.05, 3.63) is 59.7 Å². The lowest BCUT2D eigenvalue weighted by atomic mass is 9.97. The first-order valence-electron chi connectivity index (χ1n) is 11.0. The van der Waals surface area contributed by atoms with Crippen LogP contribution in [0.4, 0.5) is 5.69 Å². The highest BCUT2D eigenvalue weighted by Crippen LogP contribution is 2.30. The molecule has 34 heavy (non-hydrogen) atoms. The average Bonchev–Trinajstić information content (AvgIpc) is 3.10. The molecule has 4 rings (SSSR count). The van der Waals surface area contributed by atoms with E-state index in [0.29, 0.717) is 42.0 Å². The molecule has 9 nitrogen and oxygen atoms in total. The molecule has 2 atom stereocenters. The molecule has 0 spiro atoms. The highest BCUT2D eigenvalue weighted by molar-refractivity contribution is 7.90. The summed E-state index contributed by atoms with van der Waals surface area (Å²) in [7, 11) is -3.75.